The molecule has 0 aliphatic carbocycles. The minimum atomic E-state index is -4.77. The van der Waals surface area contributed by atoms with Crippen molar-refractivity contribution in [2.45, 2.75) is 19.5 Å². The van der Waals surface area contributed by atoms with Crippen molar-refractivity contribution in [2.75, 3.05) is 63.5 Å². The highest BCUT2D eigenvalue weighted by atomic mass is 19.4. The van der Waals surface area contributed by atoms with Crippen LogP contribution in [-0.4, -0.2) is 84.1 Å². The van der Waals surface area contributed by atoms with Gasteiger partial charge in [0.2, 0.25) is 11.9 Å². The van der Waals surface area contributed by atoms with Crippen molar-refractivity contribution in [3.63, 3.8) is 0 Å². The van der Waals surface area contributed by atoms with Gasteiger partial charge < -0.3 is 25.4 Å². The van der Waals surface area contributed by atoms with Crippen LogP contribution in [0.3, 0.4) is 0 Å². The monoisotopic (exact) mass is 510 g/mol. The molecule has 2 aromatic rings. The van der Waals surface area contributed by atoms with E-state index in [4.69, 9.17) is 15.2 Å². The summed E-state index contributed by atoms with van der Waals surface area (Å²) < 4.78 is 51.3. The predicted octanol–water partition coefficient (Wildman–Crippen LogP) is 2.30. The molecule has 13 heteroatoms. The molecule has 1 aromatic heterocycles. The number of fused-ring (bicyclic) bond motifs is 1. The minimum absolute atomic E-state index is 0.0406. The standard InChI is InChI=1S/C23H29F3N6O4/c1-3-19(33)28-17-12-15-16(29-22(27)30-21(15)23(24,25)26)13-18(17)36-11-5-6-31-7-9-32(10-8-31)14-20(34)35-4-2/h3,12-13H,1,4-11,14H2,2H3,(H,28,33)(H2,27,29,30). The second kappa shape index (κ2) is 12.0. The normalized spacial score (nSPS) is 15.0. The summed E-state index contributed by atoms with van der Waals surface area (Å²) in [5.74, 6) is -1.21. The Kier molecular flexibility index (Phi) is 9.04. The summed E-state index contributed by atoms with van der Waals surface area (Å²) in [6.07, 6.45) is -3.14. The molecule has 1 fully saturated rings. The number of esters is 1. The van der Waals surface area contributed by atoms with Gasteiger partial charge in [0, 0.05) is 44.2 Å². The topological polar surface area (TPSA) is 123 Å². The number of nitrogen functional groups attached to an aromatic ring is 1. The molecule has 0 spiro atoms. The van der Waals surface area contributed by atoms with Crippen molar-refractivity contribution in [1.82, 2.24) is 19.8 Å². The average Bonchev–Trinajstić information content (AvgIpc) is 2.82. The van der Waals surface area contributed by atoms with E-state index in [1.165, 1.54) is 6.07 Å². The van der Waals surface area contributed by atoms with Crippen LogP contribution in [-0.2, 0) is 20.5 Å². The van der Waals surface area contributed by atoms with E-state index in [2.05, 4.69) is 26.8 Å². The van der Waals surface area contributed by atoms with E-state index in [-0.39, 0.29) is 41.5 Å². The van der Waals surface area contributed by atoms with Gasteiger partial charge in [0.1, 0.15) is 5.75 Å². The number of alkyl halides is 3. The highest BCUT2D eigenvalue weighted by Crippen LogP contribution is 2.37. The molecule has 0 bridgehead atoms. The Morgan fingerprint density at radius 1 is 1.19 bits per heavy atom. The number of carbonyl (C=O) groups is 2. The number of hydrogen-bond donors (Lipinski definition) is 2. The fourth-order valence-corrected chi connectivity index (χ4v) is 3.82. The van der Waals surface area contributed by atoms with Gasteiger partial charge in [-0.2, -0.15) is 13.2 Å². The lowest BCUT2D eigenvalue weighted by Gasteiger charge is -2.34. The van der Waals surface area contributed by atoms with Crippen LogP contribution in [0.2, 0.25) is 0 Å². The molecule has 1 amide bonds. The third-order valence-corrected chi connectivity index (χ3v) is 5.53. The Balaban J connectivity index is 1.64. The van der Waals surface area contributed by atoms with Crippen LogP contribution in [0.15, 0.2) is 24.8 Å². The van der Waals surface area contributed by atoms with Crippen molar-refractivity contribution in [3.05, 3.63) is 30.5 Å². The van der Waals surface area contributed by atoms with Crippen LogP contribution in [0.1, 0.15) is 19.0 Å². The molecule has 3 rings (SSSR count). The van der Waals surface area contributed by atoms with Crippen LogP contribution in [0.4, 0.5) is 24.8 Å². The Labute approximate surface area is 206 Å². The first kappa shape index (κ1) is 27.1. The Morgan fingerprint density at radius 3 is 2.53 bits per heavy atom. The summed E-state index contributed by atoms with van der Waals surface area (Å²) in [6.45, 7) is 9.80. The molecule has 2 heterocycles. The highest BCUT2D eigenvalue weighted by Gasteiger charge is 2.36. The van der Waals surface area contributed by atoms with E-state index in [0.717, 1.165) is 44.9 Å². The quantitative estimate of drug-likeness (QED) is 0.282. The van der Waals surface area contributed by atoms with Gasteiger partial charge in [-0.3, -0.25) is 14.5 Å². The van der Waals surface area contributed by atoms with Gasteiger partial charge in [0.15, 0.2) is 5.69 Å². The van der Waals surface area contributed by atoms with Crippen LogP contribution >= 0.6 is 0 Å². The van der Waals surface area contributed by atoms with Gasteiger partial charge in [-0.1, -0.05) is 6.58 Å². The highest BCUT2D eigenvalue weighted by molar-refractivity contribution is 6.02. The molecule has 196 valence electrons. The number of nitrogens with one attached hydrogen (secondary N) is 1. The molecule has 0 atom stereocenters. The van der Waals surface area contributed by atoms with Crippen LogP contribution in [0.5, 0.6) is 5.75 Å². The first-order valence-electron chi connectivity index (χ1n) is 11.5. The summed E-state index contributed by atoms with van der Waals surface area (Å²) in [7, 11) is 0. The number of ether oxygens (including phenoxy) is 2. The summed E-state index contributed by atoms with van der Waals surface area (Å²) in [5, 5.41) is 2.16. The van der Waals surface area contributed by atoms with Crippen molar-refractivity contribution in [2.24, 2.45) is 0 Å². The number of carbonyl (C=O) groups excluding carboxylic acids is 2. The number of rotatable bonds is 10. The van der Waals surface area contributed by atoms with Crippen LogP contribution in [0, 0.1) is 0 Å². The number of nitrogens with two attached hydrogens (primary N) is 1. The van der Waals surface area contributed by atoms with Gasteiger partial charge in [-0.15, -0.1) is 0 Å². The molecular formula is C23H29F3N6O4. The summed E-state index contributed by atoms with van der Waals surface area (Å²) >= 11 is 0. The number of aromatic nitrogens is 2. The SMILES string of the molecule is C=CC(=O)Nc1cc2c(C(F)(F)F)nc(N)nc2cc1OCCCN1CCN(CC(=O)OCC)CC1. The molecule has 1 aliphatic rings. The Hall–Kier alpha value is -3.45. The third-order valence-electron chi connectivity index (χ3n) is 5.53. The maximum atomic E-state index is 13.5. The lowest BCUT2D eigenvalue weighted by molar-refractivity contribution is -0.145. The fourth-order valence-electron chi connectivity index (χ4n) is 3.82. The molecule has 1 aliphatic heterocycles. The first-order chi connectivity index (χ1) is 17.1. The molecule has 1 saturated heterocycles. The van der Waals surface area contributed by atoms with Gasteiger partial charge in [-0.25, -0.2) is 9.97 Å². The van der Waals surface area contributed by atoms with Crippen molar-refractivity contribution in [1.29, 1.82) is 0 Å². The number of nitrogens with zero attached hydrogens (tertiary/aromatic N) is 4. The molecule has 10 nitrogen and oxygen atoms in total. The zero-order valence-electron chi connectivity index (χ0n) is 19.9. The maximum absolute atomic E-state index is 13.5. The number of hydrogen-bond acceptors (Lipinski definition) is 9. The number of halogens is 3. The second-order valence-electron chi connectivity index (χ2n) is 8.11. The number of amides is 1. The van der Waals surface area contributed by atoms with E-state index in [0.29, 0.717) is 13.0 Å². The summed E-state index contributed by atoms with van der Waals surface area (Å²) in [5.41, 5.74) is 4.27. The van der Waals surface area contributed by atoms with Gasteiger partial charge >= 0.3 is 12.1 Å². The molecule has 0 saturated carbocycles. The van der Waals surface area contributed by atoms with Crippen molar-refractivity contribution >= 4 is 34.4 Å². The lowest BCUT2D eigenvalue weighted by atomic mass is 10.1. The van der Waals surface area contributed by atoms with E-state index in [9.17, 15) is 22.8 Å². The van der Waals surface area contributed by atoms with E-state index in [1.54, 1.807) is 6.92 Å². The molecule has 36 heavy (non-hydrogen) atoms. The van der Waals surface area contributed by atoms with Gasteiger partial charge in [0.25, 0.3) is 0 Å². The number of anilines is 2. The number of benzene rings is 1. The van der Waals surface area contributed by atoms with E-state index in [1.807, 2.05) is 4.90 Å². The Morgan fingerprint density at radius 2 is 1.89 bits per heavy atom. The molecule has 0 unspecified atom stereocenters. The summed E-state index contributed by atoms with van der Waals surface area (Å²) in [4.78, 5) is 35.0. The minimum Gasteiger partial charge on any atom is -0.491 e. The van der Waals surface area contributed by atoms with Gasteiger partial charge in [0.05, 0.1) is 31.0 Å². The molecule has 0 radical (unpaired) electrons. The smallest absolute Gasteiger partial charge is 0.434 e. The predicted molar refractivity (Wildman–Crippen MR) is 127 cm³/mol. The second-order valence-corrected chi connectivity index (χ2v) is 8.11. The average molecular weight is 511 g/mol. The summed E-state index contributed by atoms with van der Waals surface area (Å²) in [6, 6.07) is 2.42. The zero-order chi connectivity index (χ0) is 26.3. The fraction of sp³-hybridized carbons (Fsp3) is 0.478. The molecular weight excluding hydrogens is 481 g/mol. The Bertz CT molecular complexity index is 1100. The molecule has 3 N–H and O–H groups in total. The molecule has 1 aromatic carbocycles. The lowest BCUT2D eigenvalue weighted by Crippen LogP contribution is -2.48. The largest absolute Gasteiger partial charge is 0.491 e. The first-order valence-corrected chi connectivity index (χ1v) is 11.5. The number of piperazine rings is 1. The maximum Gasteiger partial charge on any atom is 0.434 e. The van der Waals surface area contributed by atoms with E-state index >= 15 is 0 Å². The van der Waals surface area contributed by atoms with Crippen LogP contribution < -0.4 is 15.8 Å². The zero-order valence-corrected chi connectivity index (χ0v) is 19.9. The van der Waals surface area contributed by atoms with E-state index < -0.39 is 23.7 Å². The third kappa shape index (κ3) is 7.28. The van der Waals surface area contributed by atoms with Crippen molar-refractivity contribution < 1.29 is 32.2 Å². The van der Waals surface area contributed by atoms with Crippen molar-refractivity contribution in [3.8, 4) is 5.75 Å². The van der Waals surface area contributed by atoms with Gasteiger partial charge in [-0.05, 0) is 25.5 Å². The van der Waals surface area contributed by atoms with Crippen LogP contribution in [0.25, 0.3) is 10.9 Å².